The minimum atomic E-state index is -0.630. The first-order chi connectivity index (χ1) is 12.6. The molecule has 4 N–H and O–H groups in total. The topological polar surface area (TPSA) is 121 Å². The van der Waals surface area contributed by atoms with Crippen LogP contribution in [0.15, 0.2) is 42.6 Å². The largest absolute Gasteiger partial charge is 0.453 e. The van der Waals surface area contributed by atoms with Crippen molar-refractivity contribution in [3.8, 4) is 0 Å². The molecule has 0 aliphatic carbocycles. The predicted octanol–water partition coefficient (Wildman–Crippen LogP) is 3.02. The van der Waals surface area contributed by atoms with Gasteiger partial charge in [0, 0.05) is 12.3 Å². The molecule has 0 fully saturated rings. The molecule has 134 valence electrons. The number of anilines is 2. The number of urea groups is 1. The molecule has 0 radical (unpaired) electrons. The maximum atomic E-state index is 12.2. The zero-order chi connectivity index (χ0) is 18.5. The Labute approximate surface area is 149 Å². The lowest BCUT2D eigenvalue weighted by Crippen LogP contribution is -2.31. The fourth-order valence-electron chi connectivity index (χ4n) is 2.40. The van der Waals surface area contributed by atoms with Crippen molar-refractivity contribution in [2.75, 3.05) is 17.7 Å². The Hall–Kier alpha value is -3.62. The first-order valence-electron chi connectivity index (χ1n) is 7.88. The molecular formula is C17H18N6O3. The van der Waals surface area contributed by atoms with E-state index in [0.29, 0.717) is 22.5 Å². The van der Waals surface area contributed by atoms with Crippen LogP contribution in [0, 0.1) is 0 Å². The molecule has 1 aromatic carbocycles. The maximum absolute atomic E-state index is 12.2. The smallest absolute Gasteiger partial charge is 0.412 e. The van der Waals surface area contributed by atoms with Crippen LogP contribution in [0.2, 0.25) is 0 Å². The van der Waals surface area contributed by atoms with Gasteiger partial charge in [0.15, 0.2) is 5.82 Å². The standard InChI is InChI=1S/C17H18N6O3/c1-10(11-6-4-3-5-7-11)19-16(24)20-14-8-13-12(9-18-14)15(23-22-13)21-17(25)26-2/h3-10H,1-2H3,(H2,18,19,20,24)(H2,21,22,23,25). The Balaban J connectivity index is 1.67. The number of aromatic amines is 1. The van der Waals surface area contributed by atoms with Crippen LogP contribution < -0.4 is 16.0 Å². The van der Waals surface area contributed by atoms with Gasteiger partial charge in [0.05, 0.1) is 24.1 Å². The van der Waals surface area contributed by atoms with Crippen molar-refractivity contribution in [2.24, 2.45) is 0 Å². The van der Waals surface area contributed by atoms with Crippen LogP contribution >= 0.6 is 0 Å². The molecule has 9 nitrogen and oxygen atoms in total. The number of hydrogen-bond acceptors (Lipinski definition) is 5. The zero-order valence-electron chi connectivity index (χ0n) is 14.2. The lowest BCUT2D eigenvalue weighted by molar-refractivity contribution is 0.187. The van der Waals surface area contributed by atoms with Crippen LogP contribution in [0.5, 0.6) is 0 Å². The van der Waals surface area contributed by atoms with E-state index in [1.807, 2.05) is 37.3 Å². The quantitative estimate of drug-likeness (QED) is 0.574. The van der Waals surface area contributed by atoms with Crippen molar-refractivity contribution in [3.05, 3.63) is 48.2 Å². The number of carbonyl (C=O) groups is 2. The minimum Gasteiger partial charge on any atom is -0.453 e. The Kier molecular flexibility index (Phi) is 4.97. The number of methoxy groups -OCH3 is 1. The summed E-state index contributed by atoms with van der Waals surface area (Å²) in [5.74, 6) is 0.650. The third kappa shape index (κ3) is 3.89. The summed E-state index contributed by atoms with van der Waals surface area (Å²) in [6.45, 7) is 1.89. The summed E-state index contributed by atoms with van der Waals surface area (Å²) in [5, 5.41) is 15.3. The molecule has 2 aromatic heterocycles. The normalized spacial score (nSPS) is 11.6. The van der Waals surface area contributed by atoms with Crippen LogP contribution in [0.3, 0.4) is 0 Å². The third-order valence-corrected chi connectivity index (χ3v) is 3.74. The van der Waals surface area contributed by atoms with Gasteiger partial charge in [0.25, 0.3) is 0 Å². The highest BCUT2D eigenvalue weighted by molar-refractivity contribution is 5.98. The fourth-order valence-corrected chi connectivity index (χ4v) is 2.40. The molecular weight excluding hydrogens is 336 g/mol. The number of ether oxygens (including phenoxy) is 1. The molecule has 0 saturated heterocycles. The second kappa shape index (κ2) is 7.51. The van der Waals surface area contributed by atoms with Gasteiger partial charge in [-0.2, -0.15) is 5.10 Å². The third-order valence-electron chi connectivity index (χ3n) is 3.74. The molecule has 0 bridgehead atoms. The SMILES string of the molecule is COC(=O)Nc1n[nH]c2cc(NC(=O)NC(C)c3ccccc3)ncc12. The Morgan fingerprint density at radius 1 is 1.19 bits per heavy atom. The van der Waals surface area contributed by atoms with Gasteiger partial charge in [0.1, 0.15) is 5.82 Å². The number of nitrogens with one attached hydrogen (secondary N) is 4. The zero-order valence-corrected chi connectivity index (χ0v) is 14.2. The van der Waals surface area contributed by atoms with Gasteiger partial charge in [-0.3, -0.25) is 15.7 Å². The number of carbonyl (C=O) groups excluding carboxylic acids is 2. The Morgan fingerprint density at radius 3 is 2.69 bits per heavy atom. The van der Waals surface area contributed by atoms with E-state index in [-0.39, 0.29) is 12.1 Å². The summed E-state index contributed by atoms with van der Waals surface area (Å²) in [7, 11) is 1.26. The molecule has 3 aromatic rings. The molecule has 26 heavy (non-hydrogen) atoms. The first kappa shape index (κ1) is 17.2. The number of pyridine rings is 1. The summed E-state index contributed by atoms with van der Waals surface area (Å²) in [4.78, 5) is 27.6. The van der Waals surface area contributed by atoms with Crippen molar-refractivity contribution in [2.45, 2.75) is 13.0 Å². The van der Waals surface area contributed by atoms with E-state index >= 15 is 0 Å². The summed E-state index contributed by atoms with van der Waals surface area (Å²) < 4.78 is 4.53. The number of benzene rings is 1. The average molecular weight is 354 g/mol. The van der Waals surface area contributed by atoms with Crippen LogP contribution in [-0.2, 0) is 4.74 Å². The highest BCUT2D eigenvalue weighted by atomic mass is 16.5. The molecule has 1 unspecified atom stereocenters. The second-order valence-corrected chi connectivity index (χ2v) is 5.53. The lowest BCUT2D eigenvalue weighted by Gasteiger charge is -2.14. The maximum Gasteiger partial charge on any atom is 0.412 e. The van der Waals surface area contributed by atoms with Crippen molar-refractivity contribution in [1.29, 1.82) is 0 Å². The van der Waals surface area contributed by atoms with E-state index < -0.39 is 6.09 Å². The van der Waals surface area contributed by atoms with Gasteiger partial charge < -0.3 is 10.1 Å². The van der Waals surface area contributed by atoms with Crippen LogP contribution in [0.1, 0.15) is 18.5 Å². The summed E-state index contributed by atoms with van der Waals surface area (Å²) in [6, 6.07) is 10.7. The van der Waals surface area contributed by atoms with E-state index in [2.05, 4.69) is 35.9 Å². The summed E-state index contributed by atoms with van der Waals surface area (Å²) in [5.41, 5.74) is 1.61. The van der Waals surface area contributed by atoms with E-state index in [1.54, 1.807) is 6.07 Å². The second-order valence-electron chi connectivity index (χ2n) is 5.53. The number of aromatic nitrogens is 3. The highest BCUT2D eigenvalue weighted by Gasteiger charge is 2.13. The number of H-pyrrole nitrogens is 1. The molecule has 3 amide bonds. The predicted molar refractivity (Wildman–Crippen MR) is 96.9 cm³/mol. The van der Waals surface area contributed by atoms with Crippen molar-refractivity contribution < 1.29 is 14.3 Å². The van der Waals surface area contributed by atoms with E-state index in [9.17, 15) is 9.59 Å². The molecule has 0 spiro atoms. The number of fused-ring (bicyclic) bond motifs is 1. The fraction of sp³-hybridized carbons (Fsp3) is 0.176. The number of hydrogen-bond donors (Lipinski definition) is 4. The van der Waals surface area contributed by atoms with E-state index in [0.717, 1.165) is 5.56 Å². The molecule has 3 rings (SSSR count). The van der Waals surface area contributed by atoms with Crippen molar-refractivity contribution in [3.63, 3.8) is 0 Å². The van der Waals surface area contributed by atoms with Crippen LogP contribution in [0.25, 0.3) is 10.9 Å². The van der Waals surface area contributed by atoms with Crippen LogP contribution in [0.4, 0.5) is 21.2 Å². The van der Waals surface area contributed by atoms with E-state index in [1.165, 1.54) is 13.3 Å². The van der Waals surface area contributed by atoms with Gasteiger partial charge in [0.2, 0.25) is 0 Å². The van der Waals surface area contributed by atoms with Crippen molar-refractivity contribution in [1.82, 2.24) is 20.5 Å². The summed E-state index contributed by atoms with van der Waals surface area (Å²) >= 11 is 0. The molecule has 1 atom stereocenters. The number of rotatable bonds is 4. The van der Waals surface area contributed by atoms with E-state index in [4.69, 9.17) is 0 Å². The van der Waals surface area contributed by atoms with Gasteiger partial charge in [-0.25, -0.2) is 14.6 Å². The average Bonchev–Trinajstić information content (AvgIpc) is 3.04. The highest BCUT2D eigenvalue weighted by Crippen LogP contribution is 2.22. The molecule has 0 saturated carbocycles. The van der Waals surface area contributed by atoms with Gasteiger partial charge in [-0.1, -0.05) is 30.3 Å². The first-order valence-corrected chi connectivity index (χ1v) is 7.88. The van der Waals surface area contributed by atoms with Gasteiger partial charge in [-0.05, 0) is 12.5 Å². The van der Waals surface area contributed by atoms with Crippen LogP contribution in [-0.4, -0.2) is 34.4 Å². The van der Waals surface area contributed by atoms with Gasteiger partial charge >= 0.3 is 12.1 Å². The Morgan fingerprint density at radius 2 is 1.96 bits per heavy atom. The molecule has 9 heteroatoms. The molecule has 2 heterocycles. The van der Waals surface area contributed by atoms with Crippen molar-refractivity contribution >= 4 is 34.7 Å². The number of nitrogens with zero attached hydrogens (tertiary/aromatic N) is 2. The number of amides is 3. The molecule has 0 aliphatic rings. The molecule has 0 aliphatic heterocycles. The monoisotopic (exact) mass is 354 g/mol. The minimum absolute atomic E-state index is 0.150. The Bertz CT molecular complexity index is 925. The summed E-state index contributed by atoms with van der Waals surface area (Å²) in [6.07, 6.45) is 0.871. The lowest BCUT2D eigenvalue weighted by atomic mass is 10.1. The van der Waals surface area contributed by atoms with Gasteiger partial charge in [-0.15, -0.1) is 0 Å².